The van der Waals surface area contributed by atoms with Crippen molar-refractivity contribution in [1.29, 1.82) is 0 Å². The summed E-state index contributed by atoms with van der Waals surface area (Å²) >= 11 is 0. The number of aliphatic hydroxyl groups excluding tert-OH is 1. The molecule has 1 aliphatic carbocycles. The van der Waals surface area contributed by atoms with Crippen LogP contribution < -0.4 is 4.90 Å². The first kappa shape index (κ1) is 13.1. The van der Waals surface area contributed by atoms with Crippen LogP contribution in [0.5, 0.6) is 0 Å². The topological polar surface area (TPSA) is 57.8 Å². The summed E-state index contributed by atoms with van der Waals surface area (Å²) in [4.78, 5) is 18.2. The Morgan fingerprint density at radius 3 is 2.90 bits per heavy atom. The second-order valence-corrected chi connectivity index (χ2v) is 5.22. The standard InChI is InChI=1S/C15H19N3O2/c19-10-9-17(12-5-1-2-6-12)15-13(11-20)18-8-4-3-7-14(18)16-15/h3-4,7-8,11-12,19H,1-2,5-6,9-10H2. The Morgan fingerprint density at radius 2 is 2.20 bits per heavy atom. The number of rotatable bonds is 5. The number of anilines is 1. The molecule has 5 heteroatoms. The van der Waals surface area contributed by atoms with Crippen molar-refractivity contribution < 1.29 is 9.90 Å². The van der Waals surface area contributed by atoms with Crippen molar-refractivity contribution in [2.24, 2.45) is 0 Å². The molecule has 1 saturated carbocycles. The number of nitrogens with zero attached hydrogens (tertiary/aromatic N) is 3. The van der Waals surface area contributed by atoms with Gasteiger partial charge in [0, 0.05) is 18.8 Å². The first-order chi connectivity index (χ1) is 9.85. The molecule has 0 bridgehead atoms. The maximum Gasteiger partial charge on any atom is 0.170 e. The summed E-state index contributed by atoms with van der Waals surface area (Å²) in [5.41, 5.74) is 1.34. The molecule has 1 N–H and O–H groups in total. The second kappa shape index (κ2) is 5.63. The van der Waals surface area contributed by atoms with Crippen LogP contribution >= 0.6 is 0 Å². The number of carbonyl (C=O) groups excluding carboxylic acids is 1. The van der Waals surface area contributed by atoms with E-state index in [2.05, 4.69) is 9.88 Å². The highest BCUT2D eigenvalue weighted by Gasteiger charge is 2.26. The number of hydrogen-bond donors (Lipinski definition) is 1. The lowest BCUT2D eigenvalue weighted by Crippen LogP contribution is -2.36. The monoisotopic (exact) mass is 273 g/mol. The zero-order valence-corrected chi connectivity index (χ0v) is 11.4. The van der Waals surface area contributed by atoms with Gasteiger partial charge in [-0.05, 0) is 25.0 Å². The van der Waals surface area contributed by atoms with Crippen LogP contribution in [0.1, 0.15) is 36.2 Å². The first-order valence-electron chi connectivity index (χ1n) is 7.15. The molecule has 0 aliphatic heterocycles. The van der Waals surface area contributed by atoms with Crippen LogP contribution in [0, 0.1) is 0 Å². The molecular weight excluding hydrogens is 254 g/mol. The fourth-order valence-corrected chi connectivity index (χ4v) is 3.11. The Balaban J connectivity index is 2.07. The van der Waals surface area contributed by atoms with Crippen LogP contribution in [0.25, 0.3) is 5.65 Å². The van der Waals surface area contributed by atoms with Crippen LogP contribution in [-0.2, 0) is 0 Å². The van der Waals surface area contributed by atoms with Gasteiger partial charge in [0.2, 0.25) is 0 Å². The smallest absolute Gasteiger partial charge is 0.170 e. The third kappa shape index (κ3) is 2.18. The van der Waals surface area contributed by atoms with Crippen molar-refractivity contribution in [3.8, 4) is 0 Å². The lowest BCUT2D eigenvalue weighted by atomic mass is 10.2. The van der Waals surface area contributed by atoms with E-state index in [-0.39, 0.29) is 6.61 Å². The molecule has 0 unspecified atom stereocenters. The Morgan fingerprint density at radius 1 is 1.40 bits per heavy atom. The molecule has 2 aromatic rings. The van der Waals surface area contributed by atoms with E-state index < -0.39 is 0 Å². The van der Waals surface area contributed by atoms with Crippen LogP contribution in [-0.4, -0.2) is 40.0 Å². The van der Waals surface area contributed by atoms with E-state index in [4.69, 9.17) is 0 Å². The van der Waals surface area contributed by atoms with Crippen molar-refractivity contribution in [3.63, 3.8) is 0 Å². The summed E-state index contributed by atoms with van der Waals surface area (Å²) in [5, 5.41) is 9.33. The lowest BCUT2D eigenvalue weighted by molar-refractivity contribution is 0.111. The summed E-state index contributed by atoms with van der Waals surface area (Å²) in [6.45, 7) is 0.595. The van der Waals surface area contributed by atoms with Gasteiger partial charge in [-0.2, -0.15) is 0 Å². The molecule has 0 aromatic carbocycles. The van der Waals surface area contributed by atoms with Crippen LogP contribution in [0.3, 0.4) is 0 Å². The average molecular weight is 273 g/mol. The average Bonchev–Trinajstić information content (AvgIpc) is 3.11. The number of aromatic nitrogens is 2. The lowest BCUT2D eigenvalue weighted by Gasteiger charge is -2.28. The van der Waals surface area contributed by atoms with Crippen LogP contribution in [0.4, 0.5) is 5.82 Å². The largest absolute Gasteiger partial charge is 0.395 e. The van der Waals surface area contributed by atoms with Crippen molar-refractivity contribution in [1.82, 2.24) is 9.38 Å². The molecule has 0 spiro atoms. The number of aldehydes is 1. The maximum absolute atomic E-state index is 11.5. The predicted molar refractivity (Wildman–Crippen MR) is 77.3 cm³/mol. The fourth-order valence-electron chi connectivity index (χ4n) is 3.11. The highest BCUT2D eigenvalue weighted by Crippen LogP contribution is 2.29. The number of carbonyl (C=O) groups is 1. The Hall–Kier alpha value is -1.88. The quantitative estimate of drug-likeness (QED) is 0.845. The summed E-state index contributed by atoms with van der Waals surface area (Å²) in [6.07, 6.45) is 7.32. The van der Waals surface area contributed by atoms with E-state index >= 15 is 0 Å². The summed E-state index contributed by atoms with van der Waals surface area (Å²) in [7, 11) is 0. The maximum atomic E-state index is 11.5. The van der Waals surface area contributed by atoms with E-state index in [1.807, 2.05) is 28.8 Å². The molecule has 5 nitrogen and oxygen atoms in total. The molecule has 1 aliphatic rings. The van der Waals surface area contributed by atoms with E-state index in [1.54, 1.807) is 0 Å². The van der Waals surface area contributed by atoms with E-state index in [9.17, 15) is 9.90 Å². The molecule has 106 valence electrons. The van der Waals surface area contributed by atoms with Gasteiger partial charge in [-0.3, -0.25) is 9.20 Å². The molecule has 0 amide bonds. The Kier molecular flexibility index (Phi) is 3.69. The number of fused-ring (bicyclic) bond motifs is 1. The summed E-state index contributed by atoms with van der Waals surface area (Å²) in [5.74, 6) is 0.701. The molecule has 2 heterocycles. The fraction of sp³-hybridized carbons (Fsp3) is 0.467. The van der Waals surface area contributed by atoms with Gasteiger partial charge in [0.1, 0.15) is 11.3 Å². The van der Waals surface area contributed by atoms with Crippen LogP contribution in [0.2, 0.25) is 0 Å². The van der Waals surface area contributed by atoms with Gasteiger partial charge in [-0.25, -0.2) is 4.98 Å². The van der Waals surface area contributed by atoms with Gasteiger partial charge < -0.3 is 10.0 Å². The van der Waals surface area contributed by atoms with Crippen molar-refractivity contribution in [3.05, 3.63) is 30.1 Å². The zero-order valence-electron chi connectivity index (χ0n) is 11.4. The summed E-state index contributed by atoms with van der Waals surface area (Å²) in [6, 6.07) is 6.07. The highest BCUT2D eigenvalue weighted by atomic mass is 16.3. The number of imidazole rings is 1. The van der Waals surface area contributed by atoms with Gasteiger partial charge in [0.05, 0.1) is 6.61 Å². The first-order valence-corrected chi connectivity index (χ1v) is 7.15. The zero-order chi connectivity index (χ0) is 13.9. The molecular formula is C15H19N3O2. The Labute approximate surface area is 117 Å². The van der Waals surface area contributed by atoms with E-state index in [0.717, 1.165) is 24.8 Å². The number of aliphatic hydroxyl groups is 1. The normalized spacial score (nSPS) is 15.8. The molecule has 0 atom stereocenters. The van der Waals surface area contributed by atoms with E-state index in [0.29, 0.717) is 24.1 Å². The SMILES string of the molecule is O=Cc1c(N(CCO)C2CCCC2)nc2ccccn12. The van der Waals surface area contributed by atoms with Crippen LogP contribution in [0.15, 0.2) is 24.4 Å². The molecule has 3 rings (SSSR count). The third-order valence-corrected chi connectivity index (χ3v) is 4.04. The Bertz CT molecular complexity index is 602. The minimum atomic E-state index is 0.0721. The van der Waals surface area contributed by atoms with E-state index in [1.165, 1.54) is 12.8 Å². The van der Waals surface area contributed by atoms with Gasteiger partial charge >= 0.3 is 0 Å². The molecule has 0 saturated heterocycles. The third-order valence-electron chi connectivity index (χ3n) is 4.04. The minimum Gasteiger partial charge on any atom is -0.395 e. The molecule has 1 fully saturated rings. The molecule has 0 radical (unpaired) electrons. The highest BCUT2D eigenvalue weighted by molar-refractivity contribution is 5.83. The van der Waals surface area contributed by atoms with Gasteiger partial charge in [-0.15, -0.1) is 0 Å². The minimum absolute atomic E-state index is 0.0721. The van der Waals surface area contributed by atoms with Gasteiger partial charge in [0.15, 0.2) is 12.1 Å². The van der Waals surface area contributed by atoms with Gasteiger partial charge in [0.25, 0.3) is 0 Å². The van der Waals surface area contributed by atoms with Crippen molar-refractivity contribution >= 4 is 17.8 Å². The molecule has 2 aromatic heterocycles. The van der Waals surface area contributed by atoms with Crippen molar-refractivity contribution in [2.45, 2.75) is 31.7 Å². The second-order valence-electron chi connectivity index (χ2n) is 5.22. The predicted octanol–water partition coefficient (Wildman–Crippen LogP) is 1.89. The molecule has 20 heavy (non-hydrogen) atoms. The summed E-state index contributed by atoms with van der Waals surface area (Å²) < 4.78 is 1.81. The number of hydrogen-bond acceptors (Lipinski definition) is 4. The van der Waals surface area contributed by atoms with Crippen molar-refractivity contribution in [2.75, 3.05) is 18.1 Å². The van der Waals surface area contributed by atoms with Gasteiger partial charge in [-0.1, -0.05) is 18.9 Å². The number of pyridine rings is 1.